The maximum Gasteiger partial charge on any atom is 0.127 e. The van der Waals surface area contributed by atoms with Crippen LogP contribution in [-0.2, 0) is 5.41 Å². The van der Waals surface area contributed by atoms with E-state index in [0.29, 0.717) is 5.82 Å². The van der Waals surface area contributed by atoms with Crippen molar-refractivity contribution >= 4 is 27.5 Å². The summed E-state index contributed by atoms with van der Waals surface area (Å²) in [5.41, 5.74) is 8.26. The molecule has 2 heteroatoms. The summed E-state index contributed by atoms with van der Waals surface area (Å²) >= 11 is 0. The lowest BCUT2D eigenvalue weighted by Gasteiger charge is -2.21. The van der Waals surface area contributed by atoms with Gasteiger partial charge in [0.05, 0.1) is 5.52 Å². The zero-order chi connectivity index (χ0) is 13.6. The van der Waals surface area contributed by atoms with E-state index in [1.807, 2.05) is 12.1 Å². The second-order valence-electron chi connectivity index (χ2n) is 6.03. The third kappa shape index (κ3) is 1.93. The Bertz CT molecular complexity index is 767. The number of hydrogen-bond acceptors (Lipinski definition) is 2. The molecule has 0 saturated carbocycles. The Morgan fingerprint density at radius 3 is 2.37 bits per heavy atom. The minimum atomic E-state index is 0.0108. The van der Waals surface area contributed by atoms with Crippen molar-refractivity contribution in [2.24, 2.45) is 0 Å². The van der Waals surface area contributed by atoms with Crippen molar-refractivity contribution in [3.05, 3.63) is 48.0 Å². The fourth-order valence-electron chi connectivity index (χ4n) is 2.52. The average Bonchev–Trinajstić information content (AvgIpc) is 2.36. The highest BCUT2D eigenvalue weighted by atomic mass is 14.8. The van der Waals surface area contributed by atoms with Crippen molar-refractivity contribution in [2.45, 2.75) is 26.2 Å². The van der Waals surface area contributed by atoms with Gasteiger partial charge in [0.2, 0.25) is 0 Å². The Labute approximate surface area is 113 Å². The highest BCUT2D eigenvalue weighted by Gasteiger charge is 2.18. The smallest absolute Gasteiger partial charge is 0.127 e. The Morgan fingerprint density at radius 2 is 1.63 bits per heavy atom. The van der Waals surface area contributed by atoms with Crippen LogP contribution < -0.4 is 5.73 Å². The highest BCUT2D eigenvalue weighted by molar-refractivity contribution is 6.05. The maximum atomic E-state index is 6.15. The Hall–Kier alpha value is -2.09. The molecule has 0 saturated heterocycles. The third-order valence-corrected chi connectivity index (χ3v) is 3.55. The zero-order valence-electron chi connectivity index (χ0n) is 11.6. The number of pyridine rings is 1. The molecule has 0 bridgehead atoms. The van der Waals surface area contributed by atoms with Gasteiger partial charge in [-0.15, -0.1) is 0 Å². The Kier molecular flexibility index (Phi) is 2.49. The van der Waals surface area contributed by atoms with Gasteiger partial charge in [-0.05, 0) is 16.9 Å². The normalized spacial score (nSPS) is 12.2. The molecule has 2 N–H and O–H groups in total. The van der Waals surface area contributed by atoms with Crippen molar-refractivity contribution in [1.82, 2.24) is 4.98 Å². The van der Waals surface area contributed by atoms with Crippen molar-refractivity contribution in [2.75, 3.05) is 5.73 Å². The van der Waals surface area contributed by atoms with Crippen LogP contribution in [0.4, 0.5) is 5.82 Å². The molecule has 1 heterocycles. The van der Waals surface area contributed by atoms with Gasteiger partial charge in [-0.3, -0.25) is 0 Å². The summed E-state index contributed by atoms with van der Waals surface area (Å²) < 4.78 is 0. The molecule has 96 valence electrons. The van der Waals surface area contributed by atoms with Gasteiger partial charge >= 0.3 is 0 Å². The second-order valence-corrected chi connectivity index (χ2v) is 6.03. The van der Waals surface area contributed by atoms with Gasteiger partial charge in [0, 0.05) is 16.3 Å². The summed E-state index contributed by atoms with van der Waals surface area (Å²) in [5, 5.41) is 3.51. The van der Waals surface area contributed by atoms with Crippen molar-refractivity contribution in [3.63, 3.8) is 0 Å². The summed E-state index contributed by atoms with van der Waals surface area (Å²) in [4.78, 5) is 4.65. The van der Waals surface area contributed by atoms with Gasteiger partial charge in [-0.1, -0.05) is 57.2 Å². The van der Waals surface area contributed by atoms with Gasteiger partial charge in [0.1, 0.15) is 5.82 Å². The molecule has 19 heavy (non-hydrogen) atoms. The highest BCUT2D eigenvalue weighted by Crippen LogP contribution is 2.32. The maximum absolute atomic E-state index is 6.15. The van der Waals surface area contributed by atoms with Gasteiger partial charge in [-0.2, -0.15) is 0 Å². The molecule has 3 rings (SSSR count). The molecule has 0 atom stereocenters. The molecular weight excluding hydrogens is 232 g/mol. The minimum absolute atomic E-state index is 0.0108. The molecule has 2 aromatic carbocycles. The lowest BCUT2D eigenvalue weighted by Crippen LogP contribution is -2.15. The topological polar surface area (TPSA) is 38.9 Å². The van der Waals surface area contributed by atoms with Gasteiger partial charge < -0.3 is 5.73 Å². The van der Waals surface area contributed by atoms with Crippen LogP contribution in [0.3, 0.4) is 0 Å². The monoisotopic (exact) mass is 250 g/mol. The summed E-state index contributed by atoms with van der Waals surface area (Å²) in [6.45, 7) is 6.48. The van der Waals surface area contributed by atoms with E-state index < -0.39 is 0 Å². The summed E-state index contributed by atoms with van der Waals surface area (Å²) in [7, 11) is 0. The van der Waals surface area contributed by atoms with Crippen LogP contribution >= 0.6 is 0 Å². The number of nitrogens with zero attached hydrogens (tertiary/aromatic N) is 1. The number of rotatable bonds is 0. The molecule has 0 fully saturated rings. The van der Waals surface area contributed by atoms with Crippen LogP contribution in [0, 0.1) is 0 Å². The second kappa shape index (κ2) is 3.95. The largest absolute Gasteiger partial charge is 0.383 e. The van der Waals surface area contributed by atoms with E-state index in [4.69, 9.17) is 5.73 Å². The average molecular weight is 250 g/mol. The molecule has 2 nitrogen and oxygen atoms in total. The number of fused-ring (bicyclic) bond motifs is 3. The molecule has 0 unspecified atom stereocenters. The molecule has 0 spiro atoms. The van der Waals surface area contributed by atoms with E-state index in [1.54, 1.807) is 0 Å². The van der Waals surface area contributed by atoms with E-state index >= 15 is 0 Å². The van der Waals surface area contributed by atoms with Crippen LogP contribution in [0.25, 0.3) is 21.7 Å². The molecule has 0 aliphatic rings. The molecule has 3 aromatic rings. The van der Waals surface area contributed by atoms with E-state index in [0.717, 1.165) is 21.9 Å². The van der Waals surface area contributed by atoms with Crippen molar-refractivity contribution in [3.8, 4) is 0 Å². The van der Waals surface area contributed by atoms with Crippen LogP contribution in [0.1, 0.15) is 26.3 Å². The summed E-state index contributed by atoms with van der Waals surface area (Å²) in [6.07, 6.45) is 0. The predicted molar refractivity (Wildman–Crippen MR) is 82.4 cm³/mol. The first-order valence-corrected chi connectivity index (χ1v) is 6.55. The number of benzene rings is 2. The fraction of sp³-hybridized carbons (Fsp3) is 0.235. The van der Waals surface area contributed by atoms with Crippen LogP contribution in [0.15, 0.2) is 42.5 Å². The molecule has 0 aliphatic carbocycles. The van der Waals surface area contributed by atoms with Crippen molar-refractivity contribution < 1.29 is 0 Å². The van der Waals surface area contributed by atoms with Gasteiger partial charge in [0.15, 0.2) is 0 Å². The fourth-order valence-corrected chi connectivity index (χ4v) is 2.52. The van der Waals surface area contributed by atoms with Crippen molar-refractivity contribution in [1.29, 1.82) is 0 Å². The molecular formula is C17H18N2. The predicted octanol–water partition coefficient (Wildman–Crippen LogP) is 4.27. The SMILES string of the molecule is CC(C)(C)c1cc2ccc3ccccc3c2nc1N. The van der Waals surface area contributed by atoms with Crippen LogP contribution in [0.2, 0.25) is 0 Å². The van der Waals surface area contributed by atoms with Crippen LogP contribution in [-0.4, -0.2) is 4.98 Å². The number of hydrogen-bond donors (Lipinski definition) is 1. The number of aromatic nitrogens is 1. The first kappa shape index (κ1) is 12.0. The molecule has 1 aromatic heterocycles. The number of anilines is 1. The lowest BCUT2D eigenvalue weighted by atomic mass is 9.86. The first-order chi connectivity index (χ1) is 8.97. The zero-order valence-corrected chi connectivity index (χ0v) is 11.6. The Balaban J connectivity index is 2.41. The number of nitrogens with two attached hydrogens (primary N) is 1. The molecule has 0 amide bonds. The third-order valence-electron chi connectivity index (χ3n) is 3.55. The number of nitrogen functional groups attached to an aromatic ring is 1. The van der Waals surface area contributed by atoms with Crippen LogP contribution in [0.5, 0.6) is 0 Å². The van der Waals surface area contributed by atoms with E-state index in [-0.39, 0.29) is 5.41 Å². The van der Waals surface area contributed by atoms with Gasteiger partial charge in [0.25, 0.3) is 0 Å². The molecule has 0 radical (unpaired) electrons. The van der Waals surface area contributed by atoms with Gasteiger partial charge in [-0.25, -0.2) is 4.98 Å². The quantitative estimate of drug-likeness (QED) is 0.605. The Morgan fingerprint density at radius 1 is 0.947 bits per heavy atom. The van der Waals surface area contributed by atoms with E-state index in [2.05, 4.69) is 56.1 Å². The first-order valence-electron chi connectivity index (χ1n) is 6.55. The standard InChI is InChI=1S/C17H18N2/c1-17(2,3)14-10-12-9-8-11-6-4-5-7-13(11)15(12)19-16(14)18/h4-10H,1-3H3,(H2,18,19). The minimum Gasteiger partial charge on any atom is -0.383 e. The van der Waals surface area contributed by atoms with E-state index in [1.165, 1.54) is 5.39 Å². The summed E-state index contributed by atoms with van der Waals surface area (Å²) in [5.74, 6) is 0.636. The molecule has 0 aliphatic heterocycles. The summed E-state index contributed by atoms with van der Waals surface area (Å²) in [6, 6.07) is 14.7. The lowest BCUT2D eigenvalue weighted by molar-refractivity contribution is 0.591. The van der Waals surface area contributed by atoms with E-state index in [9.17, 15) is 0 Å².